The lowest BCUT2D eigenvalue weighted by Crippen LogP contribution is -2.15. The van der Waals surface area contributed by atoms with Crippen LogP contribution >= 0.6 is 11.5 Å². The second-order valence-corrected chi connectivity index (χ2v) is 7.09. The van der Waals surface area contributed by atoms with Crippen molar-refractivity contribution >= 4 is 11.5 Å². The summed E-state index contributed by atoms with van der Waals surface area (Å²) in [6.45, 7) is 4.31. The van der Waals surface area contributed by atoms with E-state index in [4.69, 9.17) is 9.47 Å². The van der Waals surface area contributed by atoms with Crippen molar-refractivity contribution in [2.75, 3.05) is 13.3 Å². The molecule has 0 radical (unpaired) electrons. The molecule has 136 valence electrons. The van der Waals surface area contributed by atoms with Crippen molar-refractivity contribution in [3.05, 3.63) is 47.5 Å². The van der Waals surface area contributed by atoms with Crippen LogP contribution in [0.15, 0.2) is 36.9 Å². The first-order valence-electron chi connectivity index (χ1n) is 8.71. The Bertz CT molecular complexity index is 849. The van der Waals surface area contributed by atoms with E-state index in [0.29, 0.717) is 18.7 Å². The lowest BCUT2D eigenvalue weighted by Gasteiger charge is -2.09. The van der Waals surface area contributed by atoms with Crippen molar-refractivity contribution in [2.45, 2.75) is 32.2 Å². The molecule has 0 aliphatic carbocycles. The van der Waals surface area contributed by atoms with Gasteiger partial charge >= 0.3 is 0 Å². The van der Waals surface area contributed by atoms with Gasteiger partial charge in [0.05, 0.1) is 0 Å². The summed E-state index contributed by atoms with van der Waals surface area (Å²) in [7, 11) is 0. The van der Waals surface area contributed by atoms with Gasteiger partial charge in [0, 0.05) is 24.9 Å². The Labute approximate surface area is 156 Å². The number of aromatic nitrogens is 4. The molecule has 3 aromatic rings. The molecule has 8 heteroatoms. The molecular weight excluding hydrogens is 350 g/mol. The molecule has 4 rings (SSSR count). The van der Waals surface area contributed by atoms with Gasteiger partial charge in [-0.25, -0.2) is 9.97 Å². The van der Waals surface area contributed by atoms with Crippen molar-refractivity contribution in [1.29, 1.82) is 0 Å². The predicted molar refractivity (Wildman–Crippen MR) is 99.0 cm³/mol. The quantitative estimate of drug-likeness (QED) is 0.613. The molecule has 0 spiro atoms. The van der Waals surface area contributed by atoms with E-state index in [1.807, 2.05) is 22.9 Å². The number of benzene rings is 1. The van der Waals surface area contributed by atoms with E-state index in [2.05, 4.69) is 32.6 Å². The lowest BCUT2D eigenvalue weighted by molar-refractivity contribution is 0.174. The average Bonchev–Trinajstić information content (AvgIpc) is 3.41. The van der Waals surface area contributed by atoms with Gasteiger partial charge in [-0.3, -0.25) is 4.57 Å². The van der Waals surface area contributed by atoms with Gasteiger partial charge in [0.15, 0.2) is 11.5 Å². The second-order valence-electron chi connectivity index (χ2n) is 6.31. The summed E-state index contributed by atoms with van der Waals surface area (Å²) in [6, 6.07) is 6.08. The van der Waals surface area contributed by atoms with Crippen LogP contribution in [0.2, 0.25) is 0 Å². The third-order valence-electron chi connectivity index (χ3n) is 4.34. The smallest absolute Gasteiger partial charge is 0.246 e. The Balaban J connectivity index is 1.20. The molecule has 1 aliphatic rings. The molecule has 1 atom stereocenters. The molecule has 0 saturated carbocycles. The van der Waals surface area contributed by atoms with Crippen LogP contribution in [0.4, 0.5) is 0 Å². The van der Waals surface area contributed by atoms with Crippen LogP contribution in [-0.4, -0.2) is 32.2 Å². The van der Waals surface area contributed by atoms with Crippen molar-refractivity contribution in [3.8, 4) is 17.4 Å². The van der Waals surface area contributed by atoms with Gasteiger partial charge in [0.25, 0.3) is 0 Å². The molecular formula is C18H21N5O2S. The van der Waals surface area contributed by atoms with E-state index in [9.17, 15) is 0 Å². The number of rotatable bonds is 8. The summed E-state index contributed by atoms with van der Waals surface area (Å²) in [5, 5.41) is 4.56. The highest BCUT2D eigenvalue weighted by Gasteiger charge is 2.14. The highest BCUT2D eigenvalue weighted by atomic mass is 32.1. The number of imidazole rings is 1. The number of nitrogens with one attached hydrogen (secondary N) is 1. The van der Waals surface area contributed by atoms with Crippen LogP contribution in [0.25, 0.3) is 5.95 Å². The van der Waals surface area contributed by atoms with Crippen LogP contribution in [0, 0.1) is 0 Å². The van der Waals surface area contributed by atoms with Crippen LogP contribution < -0.4 is 14.8 Å². The molecule has 0 amide bonds. The van der Waals surface area contributed by atoms with Crippen LogP contribution in [0.5, 0.6) is 11.5 Å². The third-order valence-corrected chi connectivity index (χ3v) is 5.28. The van der Waals surface area contributed by atoms with Gasteiger partial charge < -0.3 is 14.8 Å². The van der Waals surface area contributed by atoms with Crippen molar-refractivity contribution in [3.63, 3.8) is 0 Å². The molecule has 1 unspecified atom stereocenters. The average molecular weight is 371 g/mol. The van der Waals surface area contributed by atoms with E-state index in [0.717, 1.165) is 42.4 Å². The minimum atomic E-state index is 0.318. The summed E-state index contributed by atoms with van der Waals surface area (Å²) >= 11 is 1.47. The summed E-state index contributed by atoms with van der Waals surface area (Å²) in [5.41, 5.74) is 1.20. The van der Waals surface area contributed by atoms with E-state index >= 15 is 0 Å². The maximum absolute atomic E-state index is 5.41. The first-order chi connectivity index (χ1) is 12.8. The van der Waals surface area contributed by atoms with Crippen LogP contribution in [0.1, 0.15) is 36.3 Å². The van der Waals surface area contributed by atoms with Gasteiger partial charge in [0.1, 0.15) is 11.3 Å². The van der Waals surface area contributed by atoms with E-state index in [1.165, 1.54) is 17.1 Å². The van der Waals surface area contributed by atoms with Crippen LogP contribution in [0.3, 0.4) is 0 Å². The first kappa shape index (κ1) is 17.0. The fraction of sp³-hybridized carbons (Fsp3) is 0.389. The van der Waals surface area contributed by atoms with E-state index in [1.54, 1.807) is 12.5 Å². The van der Waals surface area contributed by atoms with Gasteiger partial charge in [0.2, 0.25) is 12.7 Å². The molecule has 3 heterocycles. The highest BCUT2D eigenvalue weighted by molar-refractivity contribution is 7.05. The Hall–Kier alpha value is -2.45. The number of hydrogen-bond donors (Lipinski definition) is 1. The summed E-state index contributed by atoms with van der Waals surface area (Å²) in [5.74, 6) is 2.77. The Kier molecular flexibility index (Phi) is 5.12. The molecule has 1 aromatic carbocycles. The van der Waals surface area contributed by atoms with Gasteiger partial charge in [-0.1, -0.05) is 13.0 Å². The molecule has 1 aliphatic heterocycles. The molecule has 0 saturated heterocycles. The van der Waals surface area contributed by atoms with E-state index in [-0.39, 0.29) is 0 Å². The number of hydrogen-bond acceptors (Lipinski definition) is 7. The summed E-state index contributed by atoms with van der Waals surface area (Å²) in [4.78, 5) is 8.65. The minimum absolute atomic E-state index is 0.318. The summed E-state index contributed by atoms with van der Waals surface area (Å²) in [6.07, 6.45) is 7.47. The molecule has 0 bridgehead atoms. The fourth-order valence-corrected chi connectivity index (χ4v) is 3.58. The minimum Gasteiger partial charge on any atom is -0.454 e. The van der Waals surface area contributed by atoms with Gasteiger partial charge in [-0.2, -0.15) is 4.37 Å². The molecule has 1 N–H and O–H groups in total. The molecule has 26 heavy (non-hydrogen) atoms. The Morgan fingerprint density at radius 1 is 1.31 bits per heavy atom. The fourth-order valence-electron chi connectivity index (χ4n) is 2.85. The lowest BCUT2D eigenvalue weighted by atomic mass is 10.1. The second kappa shape index (κ2) is 7.84. The number of nitrogens with zero attached hydrogens (tertiary/aromatic N) is 4. The Morgan fingerprint density at radius 3 is 3.12 bits per heavy atom. The molecule has 2 aromatic heterocycles. The van der Waals surface area contributed by atoms with Crippen molar-refractivity contribution < 1.29 is 9.47 Å². The maximum Gasteiger partial charge on any atom is 0.246 e. The monoisotopic (exact) mass is 371 g/mol. The van der Waals surface area contributed by atoms with Crippen molar-refractivity contribution in [1.82, 2.24) is 24.2 Å². The number of ether oxygens (including phenoxy) is 2. The zero-order valence-corrected chi connectivity index (χ0v) is 15.4. The standard InChI is InChI=1S/C18H21N5O2S/c1-13(17-21-18(22-26-17)23-8-7-20-11-23)3-2-6-19-10-14-4-5-15-16(9-14)25-12-24-15/h4-5,7-9,11,13,19H,2-3,6,10,12H2,1H3. The summed E-state index contributed by atoms with van der Waals surface area (Å²) < 4.78 is 17.0. The van der Waals surface area contributed by atoms with Crippen molar-refractivity contribution in [2.24, 2.45) is 0 Å². The third kappa shape index (κ3) is 3.86. The number of fused-ring (bicyclic) bond motifs is 1. The zero-order valence-electron chi connectivity index (χ0n) is 14.6. The Morgan fingerprint density at radius 2 is 2.23 bits per heavy atom. The van der Waals surface area contributed by atoms with Gasteiger partial charge in [-0.15, -0.1) is 0 Å². The maximum atomic E-state index is 5.41. The SMILES string of the molecule is CC(CCCNCc1ccc2c(c1)OCO2)c1nc(-n2ccnc2)ns1. The normalized spacial score (nSPS) is 13.9. The first-order valence-corrected chi connectivity index (χ1v) is 9.48. The predicted octanol–water partition coefficient (Wildman–Crippen LogP) is 3.13. The van der Waals surface area contributed by atoms with Gasteiger partial charge in [-0.05, 0) is 48.6 Å². The zero-order chi connectivity index (χ0) is 17.8. The highest BCUT2D eigenvalue weighted by Crippen LogP contribution is 2.32. The van der Waals surface area contributed by atoms with Crippen LogP contribution in [-0.2, 0) is 6.54 Å². The topological polar surface area (TPSA) is 74.1 Å². The molecule has 0 fully saturated rings. The largest absolute Gasteiger partial charge is 0.454 e. The molecule has 7 nitrogen and oxygen atoms in total. The van der Waals surface area contributed by atoms with E-state index < -0.39 is 0 Å².